The van der Waals surface area contributed by atoms with Crippen molar-refractivity contribution >= 4 is 27.7 Å². The van der Waals surface area contributed by atoms with Gasteiger partial charge in [0, 0.05) is 165 Å². The average molecular weight is 1650 g/mol. The van der Waals surface area contributed by atoms with E-state index in [1.54, 1.807) is 163 Å². The van der Waals surface area contributed by atoms with Crippen LogP contribution in [0.15, 0.2) is 202 Å². The molecule has 0 bridgehead atoms. The Bertz CT molecular complexity index is 4110. The molecule has 12 rings (SSSR count). The lowest BCUT2D eigenvalue weighted by Crippen LogP contribution is -2.35. The molecular weight excluding hydrogens is 1550 g/mol. The van der Waals surface area contributed by atoms with Crippen LogP contribution in [-0.4, -0.2) is 173 Å². The Morgan fingerprint density at radius 1 is 0.487 bits per heavy atom. The third kappa shape index (κ3) is 31.4. The highest BCUT2D eigenvalue weighted by atomic mass is 32.2. The summed E-state index contributed by atoms with van der Waals surface area (Å²) in [6.45, 7) is 8.73. The molecule has 35 heteroatoms. The van der Waals surface area contributed by atoms with Crippen molar-refractivity contribution in [3.05, 3.63) is 252 Å². The molecule has 9 aromatic rings. The van der Waals surface area contributed by atoms with Crippen LogP contribution in [0.5, 0.6) is 17.2 Å². The first kappa shape index (κ1) is 94.0. The van der Waals surface area contributed by atoms with E-state index >= 15 is 0 Å². The lowest BCUT2D eigenvalue weighted by Gasteiger charge is -2.14. The number of rotatable bonds is 23. The summed E-state index contributed by atoms with van der Waals surface area (Å²) < 4.78 is 193. The van der Waals surface area contributed by atoms with Gasteiger partial charge in [-0.05, 0) is 179 Å². The number of benzene rings is 3. The van der Waals surface area contributed by atoms with Crippen molar-refractivity contribution in [2.75, 3.05) is 41.0 Å². The van der Waals surface area contributed by atoms with Gasteiger partial charge in [0.25, 0.3) is 0 Å². The quantitative estimate of drug-likeness (QED) is 0.0231. The maximum absolute atomic E-state index is 13.4. The predicted molar refractivity (Wildman–Crippen MR) is 404 cm³/mol. The number of hydrogen-bond acceptors (Lipinski definition) is 18. The highest BCUT2D eigenvalue weighted by molar-refractivity contribution is 7.84. The minimum atomic E-state index is -4.73. The van der Waals surface area contributed by atoms with Gasteiger partial charge in [-0.1, -0.05) is 63.6 Å². The zero-order chi connectivity index (χ0) is 84.8. The molecule has 0 radical (unpaired) electrons. The highest BCUT2D eigenvalue weighted by Gasteiger charge is 2.43. The standard InChI is InChI=1S/3C18H13F3N2O2.C9H18FN.C8H16FNO.C7H15FN2O4S.C2H6O/c3*19-18(20,21)25-16-5-1-3-13(9-16)11-23-8-6-15(12-23)17(24)14-4-2-7-22-10-14;1-4-7-5-8(11-3)9(10)6(7)2;1-5-6(4-11)3-7(10-2)8(5)9;1-10-5-2-4(7(11)6(5)8)3-14-15(9,12)13;1-2-3/h3*1-10,12H,11H2;6-9,11H,4-5H2,1-3H3;5-8,10-11H,3-4H2,1-2H3;4-7,10-11H,2-3H2,1H3,(H2,9,12,13);3H,2H2,1H3/t;;;6-,7+,8-,9+;5-,6-,7-,8+;4-,5-,6-,7-;/m...111./s1. The van der Waals surface area contributed by atoms with Gasteiger partial charge in [0.05, 0.1) is 12.7 Å². The first-order valence-corrected chi connectivity index (χ1v) is 37.7. The number of nitrogens with two attached hydrogens (primary N) is 1. The molecular formula is C80H94F12N10O12S. The van der Waals surface area contributed by atoms with Crippen LogP contribution in [0.1, 0.15) is 118 Å². The van der Waals surface area contributed by atoms with Gasteiger partial charge in [-0.15, -0.1) is 39.5 Å². The van der Waals surface area contributed by atoms with Crippen LogP contribution in [0.25, 0.3) is 0 Å². The molecule has 8 N–H and O–H groups in total. The van der Waals surface area contributed by atoms with Crippen molar-refractivity contribution in [1.29, 1.82) is 0 Å². The topological polar surface area (TPSA) is 299 Å². The molecule has 6 heterocycles. The molecule has 0 spiro atoms. The van der Waals surface area contributed by atoms with E-state index in [1.165, 1.54) is 73.2 Å². The Labute approximate surface area is 658 Å². The summed E-state index contributed by atoms with van der Waals surface area (Å²) in [4.78, 5) is 48.7. The molecule has 0 aliphatic heterocycles. The monoisotopic (exact) mass is 1650 g/mol. The predicted octanol–water partition coefficient (Wildman–Crippen LogP) is 13.2. The van der Waals surface area contributed by atoms with Gasteiger partial charge in [-0.25, -0.2) is 18.3 Å². The summed E-state index contributed by atoms with van der Waals surface area (Å²) in [6, 6.07) is 31.8. The molecule has 3 saturated carbocycles. The number of nitrogens with one attached hydrogen (secondary N) is 3. The van der Waals surface area contributed by atoms with Crippen molar-refractivity contribution in [2.24, 2.45) is 34.7 Å². The van der Waals surface area contributed by atoms with Crippen LogP contribution in [0.4, 0.5) is 52.7 Å². The van der Waals surface area contributed by atoms with Gasteiger partial charge >= 0.3 is 29.4 Å². The van der Waals surface area contributed by atoms with E-state index in [-0.39, 0.29) is 84.3 Å². The number of ketones is 3. The number of carbonyl (C=O) groups is 3. The number of nitrogens with zero attached hydrogens (tertiary/aromatic N) is 6. The average Bonchev–Trinajstić information content (AvgIpc) is 1.72. The molecule has 6 aromatic heterocycles. The summed E-state index contributed by atoms with van der Waals surface area (Å²) in [5.74, 6) is -0.907. The number of alkyl halides is 12. The number of aromatic nitrogens is 6. The number of hydrogen-bond donors (Lipinski definition) is 7. The fraction of sp³-hybridized carbons (Fsp3) is 0.400. The second kappa shape index (κ2) is 44.9. The molecule has 22 nitrogen and oxygen atoms in total. The summed E-state index contributed by atoms with van der Waals surface area (Å²) in [5, 5.41) is 39.1. The summed E-state index contributed by atoms with van der Waals surface area (Å²) in [5.41, 5.74) is 4.73. The van der Waals surface area contributed by atoms with Crippen LogP contribution in [0.2, 0.25) is 0 Å². The second-order valence-corrected chi connectivity index (χ2v) is 28.1. The number of pyridine rings is 3. The van der Waals surface area contributed by atoms with Gasteiger partial charge < -0.3 is 59.2 Å². The molecule has 3 aromatic carbocycles. The minimum Gasteiger partial charge on any atom is -0.406 e. The van der Waals surface area contributed by atoms with E-state index in [4.69, 9.17) is 10.2 Å². The van der Waals surface area contributed by atoms with E-state index in [0.717, 1.165) is 19.3 Å². The van der Waals surface area contributed by atoms with Crippen molar-refractivity contribution in [3.63, 3.8) is 0 Å². The summed E-state index contributed by atoms with van der Waals surface area (Å²) >= 11 is 0. The van der Waals surface area contributed by atoms with Crippen molar-refractivity contribution in [1.82, 2.24) is 44.6 Å². The van der Waals surface area contributed by atoms with Crippen LogP contribution in [0.3, 0.4) is 0 Å². The van der Waals surface area contributed by atoms with Crippen LogP contribution in [-0.2, 0) is 34.1 Å². The van der Waals surface area contributed by atoms with Gasteiger partial charge in [-0.3, -0.25) is 33.5 Å². The largest absolute Gasteiger partial charge is 0.573 e. The molecule has 3 aliphatic carbocycles. The number of halogens is 12. The van der Waals surface area contributed by atoms with Gasteiger partial charge in [0.2, 0.25) is 0 Å². The molecule has 3 fully saturated rings. The van der Waals surface area contributed by atoms with Crippen molar-refractivity contribution < 1.29 is 109 Å². The van der Waals surface area contributed by atoms with Gasteiger partial charge in [0.1, 0.15) is 35.8 Å². The SMILES string of the molecule is CCO.CC[C@H]1C[C@@H](NC)[C@@H](F)[C@@H]1C.CN[C@@H]1C[C@H](CO)[C@@H](C)[C@@H]1F.CN[C@@H]1C[C@H](COS(N)(=O)=O)[C@@H](O)[C@@H]1F.O=C(c1cccnc1)c1ccn(Cc2cccc(OC(F)(F)F)c2)c1.O=C(c1cccnc1)c1ccn(Cc2cccc(OC(F)(F)F)c2)c1.O=C(c1cccnc1)c1ccn(Cc2cccc(OC(F)(F)F)c2)c1. The van der Waals surface area contributed by atoms with E-state index < -0.39 is 66.0 Å². The Morgan fingerprint density at radius 3 is 1.05 bits per heavy atom. The van der Waals surface area contributed by atoms with E-state index in [9.17, 15) is 80.6 Å². The molecule has 0 unspecified atom stereocenters. The third-order valence-corrected chi connectivity index (χ3v) is 19.2. The lowest BCUT2D eigenvalue weighted by molar-refractivity contribution is -0.275. The number of ether oxygens (including phenoxy) is 3. The number of aliphatic hydroxyl groups excluding tert-OH is 3. The Balaban J connectivity index is 0.000000219. The fourth-order valence-corrected chi connectivity index (χ4v) is 13.2. The minimum absolute atomic E-state index is 0.00236. The first-order chi connectivity index (χ1) is 54.4. The lowest BCUT2D eigenvalue weighted by atomic mass is 9.95. The smallest absolute Gasteiger partial charge is 0.406 e. The second-order valence-electron chi connectivity index (χ2n) is 26.9. The molecule has 3 aliphatic rings. The zero-order valence-corrected chi connectivity index (χ0v) is 64.6. The normalized spacial score (nSPS) is 20.9. The molecule has 626 valence electrons. The molecule has 0 amide bonds. The number of aliphatic hydroxyl groups is 3. The molecule has 0 saturated heterocycles. The number of carbonyl (C=O) groups excluding carboxylic acids is 3. The maximum atomic E-state index is 13.4. The molecule has 12 atom stereocenters. The Morgan fingerprint density at radius 2 is 0.800 bits per heavy atom. The fourth-order valence-electron chi connectivity index (χ4n) is 12.8. The summed E-state index contributed by atoms with van der Waals surface area (Å²) in [7, 11) is 1.16. The van der Waals surface area contributed by atoms with E-state index in [1.807, 2.05) is 20.9 Å². The van der Waals surface area contributed by atoms with Crippen molar-refractivity contribution in [2.45, 2.75) is 135 Å². The highest BCUT2D eigenvalue weighted by Crippen LogP contribution is 2.37. The van der Waals surface area contributed by atoms with E-state index in [2.05, 4.69) is 61.4 Å². The maximum Gasteiger partial charge on any atom is 0.573 e. The van der Waals surface area contributed by atoms with Crippen LogP contribution >= 0.6 is 0 Å². The molecule has 115 heavy (non-hydrogen) atoms. The van der Waals surface area contributed by atoms with Gasteiger partial charge in [-0.2, -0.15) is 8.42 Å². The van der Waals surface area contributed by atoms with Crippen LogP contribution < -0.4 is 35.3 Å². The third-order valence-electron chi connectivity index (χ3n) is 18.7. The van der Waals surface area contributed by atoms with Crippen LogP contribution in [0, 0.1) is 29.6 Å². The Kier molecular flexibility index (Phi) is 36.7. The van der Waals surface area contributed by atoms with Crippen molar-refractivity contribution in [3.8, 4) is 17.2 Å². The first-order valence-electron chi connectivity index (χ1n) is 36.3. The van der Waals surface area contributed by atoms with E-state index in [0.29, 0.717) is 82.0 Å². The summed E-state index contributed by atoms with van der Waals surface area (Å²) in [6.07, 6.45) is 4.17. The van der Waals surface area contributed by atoms with Gasteiger partial charge in [0.15, 0.2) is 17.3 Å². The Hall–Kier alpha value is -9.85. The zero-order valence-electron chi connectivity index (χ0n) is 63.8.